The summed E-state index contributed by atoms with van der Waals surface area (Å²) >= 11 is 3.37. The molecule has 2 rings (SSSR count). The number of halogens is 1. The largest absolute Gasteiger partial charge is 0.424 e. The highest BCUT2D eigenvalue weighted by Crippen LogP contribution is 2.23. The Morgan fingerprint density at radius 3 is 2.85 bits per heavy atom. The molecule has 0 atom stereocenters. The summed E-state index contributed by atoms with van der Waals surface area (Å²) < 4.78 is 6.17. The van der Waals surface area contributed by atoms with Crippen molar-refractivity contribution in [3.63, 3.8) is 0 Å². The molecule has 0 aliphatic carbocycles. The molecule has 0 bridgehead atoms. The molecule has 0 unspecified atom stereocenters. The molecule has 0 amide bonds. The van der Waals surface area contributed by atoms with Crippen LogP contribution in [0.2, 0.25) is 0 Å². The normalized spacial score (nSPS) is 10.2. The van der Waals surface area contributed by atoms with Crippen molar-refractivity contribution in [1.29, 1.82) is 0 Å². The lowest BCUT2D eigenvalue weighted by Gasteiger charge is -1.95. The second kappa shape index (κ2) is 3.22. The third-order valence-electron chi connectivity index (χ3n) is 1.63. The number of nitrogens with two attached hydrogens (primary N) is 1. The number of oxazole rings is 1. The highest BCUT2D eigenvalue weighted by Gasteiger charge is 2.03. The van der Waals surface area contributed by atoms with Crippen LogP contribution in [0.1, 0.15) is 0 Å². The number of nitrogen functional groups attached to an aromatic ring is 1. The van der Waals surface area contributed by atoms with Crippen LogP contribution in [0.5, 0.6) is 0 Å². The molecule has 0 spiro atoms. The molecule has 1 aromatic carbocycles. The fourth-order valence-corrected chi connectivity index (χ4v) is 1.46. The highest BCUT2D eigenvalue weighted by atomic mass is 79.9. The van der Waals surface area contributed by atoms with Gasteiger partial charge in [-0.05, 0) is 12.1 Å². The first-order valence-electron chi connectivity index (χ1n) is 3.73. The molecule has 2 N–H and O–H groups in total. The number of aromatic nitrogens is 1. The summed E-state index contributed by atoms with van der Waals surface area (Å²) in [6.07, 6.45) is 1.61. The monoisotopic (exact) mass is 238 g/mol. The zero-order valence-electron chi connectivity index (χ0n) is 6.70. The Morgan fingerprint density at radius 2 is 2.23 bits per heavy atom. The molecule has 4 heteroatoms. The number of rotatable bonds is 1. The van der Waals surface area contributed by atoms with Gasteiger partial charge in [-0.3, -0.25) is 0 Å². The van der Waals surface area contributed by atoms with Crippen LogP contribution in [0, 0.1) is 0 Å². The molecule has 66 valence electrons. The molecular formula is C9H7BrN2O. The Labute approximate surface area is 83.7 Å². The third kappa shape index (κ3) is 1.72. The van der Waals surface area contributed by atoms with Crippen molar-refractivity contribution in [2.45, 2.75) is 0 Å². The summed E-state index contributed by atoms with van der Waals surface area (Å²) in [4.78, 5) is 3.82. The van der Waals surface area contributed by atoms with E-state index in [9.17, 15) is 0 Å². The summed E-state index contributed by atoms with van der Waals surface area (Å²) in [5.41, 5.74) is 6.32. The lowest BCUT2D eigenvalue weighted by Crippen LogP contribution is -1.80. The molecular weight excluding hydrogens is 232 g/mol. The number of benzene rings is 1. The Bertz CT molecular complexity index is 425. The second-order valence-corrected chi connectivity index (χ2v) is 3.49. The predicted octanol–water partition coefficient (Wildman–Crippen LogP) is 2.69. The Morgan fingerprint density at radius 1 is 1.38 bits per heavy atom. The first kappa shape index (κ1) is 8.31. The summed E-state index contributed by atoms with van der Waals surface area (Å²) in [7, 11) is 0. The first-order valence-corrected chi connectivity index (χ1v) is 4.52. The van der Waals surface area contributed by atoms with Crippen molar-refractivity contribution in [3.05, 3.63) is 34.9 Å². The Kier molecular flexibility index (Phi) is 2.06. The zero-order chi connectivity index (χ0) is 9.26. The maximum atomic E-state index is 5.36. The van der Waals surface area contributed by atoms with Crippen LogP contribution >= 0.6 is 15.9 Å². The Hall–Kier alpha value is -1.29. The minimum Gasteiger partial charge on any atom is -0.424 e. The van der Waals surface area contributed by atoms with Crippen molar-refractivity contribution in [1.82, 2.24) is 4.98 Å². The van der Waals surface area contributed by atoms with Crippen LogP contribution in [0.4, 0.5) is 6.01 Å². The number of nitrogens with zero attached hydrogens (tertiary/aromatic N) is 1. The van der Waals surface area contributed by atoms with Gasteiger partial charge in [0.25, 0.3) is 6.01 Å². The third-order valence-corrected chi connectivity index (χ3v) is 2.13. The highest BCUT2D eigenvalue weighted by molar-refractivity contribution is 9.10. The van der Waals surface area contributed by atoms with Gasteiger partial charge >= 0.3 is 0 Å². The van der Waals surface area contributed by atoms with E-state index in [-0.39, 0.29) is 6.01 Å². The molecule has 1 aromatic heterocycles. The predicted molar refractivity (Wildman–Crippen MR) is 54.1 cm³/mol. The smallest absolute Gasteiger partial charge is 0.292 e. The summed E-state index contributed by atoms with van der Waals surface area (Å²) in [5.74, 6) is 0.679. The van der Waals surface area contributed by atoms with E-state index < -0.39 is 0 Å². The summed E-state index contributed by atoms with van der Waals surface area (Å²) in [6.45, 7) is 0. The van der Waals surface area contributed by atoms with Crippen LogP contribution in [0.3, 0.4) is 0 Å². The van der Waals surface area contributed by atoms with Gasteiger partial charge < -0.3 is 10.2 Å². The lowest BCUT2D eigenvalue weighted by molar-refractivity contribution is 0.595. The fraction of sp³-hybridized carbons (Fsp3) is 0. The quantitative estimate of drug-likeness (QED) is 0.832. The standard InChI is InChI=1S/C9H7BrN2O/c10-7-3-1-2-6(4-7)8-5-12-9(11)13-8/h1-5H,(H2,11,12). The van der Waals surface area contributed by atoms with E-state index >= 15 is 0 Å². The van der Waals surface area contributed by atoms with E-state index in [1.54, 1.807) is 6.20 Å². The van der Waals surface area contributed by atoms with E-state index in [1.807, 2.05) is 24.3 Å². The van der Waals surface area contributed by atoms with Gasteiger partial charge in [-0.15, -0.1) is 0 Å². The number of hydrogen-bond donors (Lipinski definition) is 1. The maximum absolute atomic E-state index is 5.36. The van der Waals surface area contributed by atoms with Crippen LogP contribution in [0.25, 0.3) is 11.3 Å². The number of anilines is 1. The molecule has 0 fully saturated rings. The van der Waals surface area contributed by atoms with E-state index in [4.69, 9.17) is 10.2 Å². The van der Waals surface area contributed by atoms with Crippen molar-refractivity contribution < 1.29 is 4.42 Å². The summed E-state index contributed by atoms with van der Waals surface area (Å²) in [6, 6.07) is 7.95. The molecule has 0 saturated heterocycles. The van der Waals surface area contributed by atoms with E-state index in [2.05, 4.69) is 20.9 Å². The molecule has 0 saturated carbocycles. The van der Waals surface area contributed by atoms with Crippen LogP contribution in [-0.2, 0) is 0 Å². The average molecular weight is 239 g/mol. The van der Waals surface area contributed by atoms with Crippen LogP contribution in [-0.4, -0.2) is 4.98 Å². The van der Waals surface area contributed by atoms with Gasteiger partial charge in [0.1, 0.15) is 0 Å². The van der Waals surface area contributed by atoms with Crippen molar-refractivity contribution in [3.8, 4) is 11.3 Å². The second-order valence-electron chi connectivity index (χ2n) is 2.57. The number of hydrogen-bond acceptors (Lipinski definition) is 3. The van der Waals surface area contributed by atoms with Crippen LogP contribution < -0.4 is 5.73 Å². The van der Waals surface area contributed by atoms with Gasteiger partial charge in [0.2, 0.25) is 0 Å². The van der Waals surface area contributed by atoms with Gasteiger partial charge in [0, 0.05) is 10.0 Å². The molecule has 2 aromatic rings. The van der Waals surface area contributed by atoms with E-state index in [0.29, 0.717) is 5.76 Å². The average Bonchev–Trinajstić information content (AvgIpc) is 2.52. The van der Waals surface area contributed by atoms with Gasteiger partial charge in [-0.25, -0.2) is 4.98 Å². The molecule has 1 heterocycles. The van der Waals surface area contributed by atoms with Gasteiger partial charge in [0.05, 0.1) is 6.20 Å². The van der Waals surface area contributed by atoms with Gasteiger partial charge in [-0.1, -0.05) is 28.1 Å². The molecule has 0 radical (unpaired) electrons. The lowest BCUT2D eigenvalue weighted by atomic mass is 10.2. The molecule has 0 aliphatic rings. The van der Waals surface area contributed by atoms with E-state index in [0.717, 1.165) is 10.0 Å². The molecule has 13 heavy (non-hydrogen) atoms. The molecule has 0 aliphatic heterocycles. The summed E-state index contributed by atoms with van der Waals surface area (Å²) in [5, 5.41) is 0. The zero-order valence-corrected chi connectivity index (χ0v) is 8.28. The topological polar surface area (TPSA) is 52.0 Å². The minimum absolute atomic E-state index is 0.190. The van der Waals surface area contributed by atoms with Crippen molar-refractivity contribution in [2.75, 3.05) is 5.73 Å². The van der Waals surface area contributed by atoms with E-state index in [1.165, 1.54) is 0 Å². The minimum atomic E-state index is 0.190. The SMILES string of the molecule is Nc1ncc(-c2cccc(Br)c2)o1. The maximum Gasteiger partial charge on any atom is 0.292 e. The van der Waals surface area contributed by atoms with Gasteiger partial charge in [-0.2, -0.15) is 0 Å². The first-order chi connectivity index (χ1) is 6.25. The van der Waals surface area contributed by atoms with Crippen LogP contribution in [0.15, 0.2) is 39.4 Å². The van der Waals surface area contributed by atoms with Crippen molar-refractivity contribution in [2.24, 2.45) is 0 Å². The Balaban J connectivity index is 2.46. The molecule has 3 nitrogen and oxygen atoms in total. The fourth-order valence-electron chi connectivity index (χ4n) is 1.06. The van der Waals surface area contributed by atoms with Gasteiger partial charge in [0.15, 0.2) is 5.76 Å². The van der Waals surface area contributed by atoms with Crippen molar-refractivity contribution >= 4 is 21.9 Å².